The minimum atomic E-state index is 0.0294. The van der Waals surface area contributed by atoms with Crippen LogP contribution in [0.25, 0.3) is 0 Å². The molecule has 0 aromatic heterocycles. The summed E-state index contributed by atoms with van der Waals surface area (Å²) >= 11 is 0. The van der Waals surface area contributed by atoms with E-state index in [9.17, 15) is 9.59 Å². The number of rotatable bonds is 4. The van der Waals surface area contributed by atoms with Gasteiger partial charge in [0.1, 0.15) is 5.75 Å². The van der Waals surface area contributed by atoms with Crippen molar-refractivity contribution in [1.29, 1.82) is 0 Å². The van der Waals surface area contributed by atoms with Crippen molar-refractivity contribution < 1.29 is 14.3 Å². The molecule has 4 rings (SSSR count). The van der Waals surface area contributed by atoms with Crippen LogP contribution in [0.1, 0.15) is 43.5 Å². The normalized spacial score (nSPS) is 23.1. The van der Waals surface area contributed by atoms with Crippen molar-refractivity contribution in [1.82, 2.24) is 9.80 Å². The summed E-state index contributed by atoms with van der Waals surface area (Å²) in [6.07, 6.45) is 2.97. The van der Waals surface area contributed by atoms with E-state index in [1.165, 1.54) is 0 Å². The van der Waals surface area contributed by atoms with Gasteiger partial charge in [0.15, 0.2) is 0 Å². The molecule has 1 aromatic rings. The number of para-hydroxylation sites is 1. The minimum absolute atomic E-state index is 0.0294. The number of carbonyl (C=O) groups excluding carboxylic acids is 2. The predicted molar refractivity (Wildman–Crippen MR) is 92.0 cm³/mol. The molecule has 0 N–H and O–H groups in total. The number of hydrogen-bond donors (Lipinski definition) is 0. The van der Waals surface area contributed by atoms with E-state index in [0.29, 0.717) is 30.4 Å². The van der Waals surface area contributed by atoms with Crippen LogP contribution in [0.3, 0.4) is 0 Å². The lowest BCUT2D eigenvalue weighted by atomic mass is 9.94. The monoisotopic (exact) mass is 330 g/mol. The molecule has 3 aliphatic rings. The lowest BCUT2D eigenvalue weighted by Crippen LogP contribution is -2.47. The van der Waals surface area contributed by atoms with Gasteiger partial charge in [0.25, 0.3) is 5.91 Å². The average molecular weight is 330 g/mol. The zero-order valence-electron chi connectivity index (χ0n) is 14.5. The molecule has 1 aromatic carbocycles. The van der Waals surface area contributed by atoms with E-state index in [4.69, 9.17) is 4.74 Å². The highest BCUT2D eigenvalue weighted by molar-refractivity contribution is 5.97. The van der Waals surface area contributed by atoms with Gasteiger partial charge >= 0.3 is 0 Å². The van der Waals surface area contributed by atoms with Crippen molar-refractivity contribution in [2.24, 2.45) is 5.92 Å². The molecule has 0 aliphatic carbocycles. The van der Waals surface area contributed by atoms with Crippen LogP contribution in [0.15, 0.2) is 24.3 Å². The van der Waals surface area contributed by atoms with Crippen molar-refractivity contribution >= 4 is 11.8 Å². The molecule has 0 saturated carbocycles. The van der Waals surface area contributed by atoms with Gasteiger partial charge < -0.3 is 14.5 Å². The summed E-state index contributed by atoms with van der Waals surface area (Å²) < 4.78 is 5.76. The SMILES string of the molecule is CCCOc1ccccc1C(=O)N1C[C@@H]2CC[C@H]1CN(C(C)=O)C2. The van der Waals surface area contributed by atoms with Crippen LogP contribution in [0.4, 0.5) is 0 Å². The van der Waals surface area contributed by atoms with Gasteiger partial charge in [0.2, 0.25) is 5.91 Å². The highest BCUT2D eigenvalue weighted by Crippen LogP contribution is 2.31. The number of benzene rings is 1. The minimum Gasteiger partial charge on any atom is -0.493 e. The van der Waals surface area contributed by atoms with Crippen LogP contribution < -0.4 is 4.74 Å². The van der Waals surface area contributed by atoms with E-state index in [0.717, 1.165) is 32.4 Å². The molecule has 3 heterocycles. The Morgan fingerprint density at radius 3 is 2.71 bits per heavy atom. The summed E-state index contributed by atoms with van der Waals surface area (Å²) in [4.78, 5) is 28.8. The summed E-state index contributed by atoms with van der Waals surface area (Å²) in [5.41, 5.74) is 0.632. The summed E-state index contributed by atoms with van der Waals surface area (Å²) in [5, 5.41) is 0. The van der Waals surface area contributed by atoms with Crippen molar-refractivity contribution in [3.05, 3.63) is 29.8 Å². The van der Waals surface area contributed by atoms with Gasteiger partial charge in [-0.3, -0.25) is 9.59 Å². The van der Waals surface area contributed by atoms with Crippen LogP contribution >= 0.6 is 0 Å². The van der Waals surface area contributed by atoms with E-state index in [1.54, 1.807) is 6.92 Å². The summed E-state index contributed by atoms with van der Waals surface area (Å²) in [6.45, 7) is 6.42. The highest BCUT2D eigenvalue weighted by Gasteiger charge is 2.38. The quantitative estimate of drug-likeness (QED) is 0.852. The molecular formula is C19H26N2O3. The summed E-state index contributed by atoms with van der Waals surface area (Å²) in [6, 6.07) is 7.59. The molecule has 2 amide bonds. The van der Waals surface area contributed by atoms with Crippen LogP contribution in [0.2, 0.25) is 0 Å². The zero-order valence-corrected chi connectivity index (χ0v) is 14.5. The van der Waals surface area contributed by atoms with E-state index in [-0.39, 0.29) is 17.9 Å². The van der Waals surface area contributed by atoms with Crippen molar-refractivity contribution in [3.8, 4) is 5.75 Å². The van der Waals surface area contributed by atoms with E-state index in [1.807, 2.05) is 34.1 Å². The second-order valence-electron chi connectivity index (χ2n) is 6.82. The van der Waals surface area contributed by atoms with E-state index in [2.05, 4.69) is 6.92 Å². The van der Waals surface area contributed by atoms with Gasteiger partial charge in [0.05, 0.1) is 12.2 Å². The lowest BCUT2D eigenvalue weighted by molar-refractivity contribution is -0.129. The number of carbonyl (C=O) groups is 2. The van der Waals surface area contributed by atoms with Gasteiger partial charge in [-0.2, -0.15) is 0 Å². The maximum Gasteiger partial charge on any atom is 0.257 e. The Morgan fingerprint density at radius 1 is 1.17 bits per heavy atom. The van der Waals surface area contributed by atoms with Gasteiger partial charge in [-0.25, -0.2) is 0 Å². The Labute approximate surface area is 143 Å². The van der Waals surface area contributed by atoms with E-state index >= 15 is 0 Å². The molecular weight excluding hydrogens is 304 g/mol. The fourth-order valence-corrected chi connectivity index (χ4v) is 3.72. The Kier molecular flexibility index (Phi) is 5.07. The fourth-order valence-electron chi connectivity index (χ4n) is 3.72. The molecule has 2 bridgehead atoms. The Balaban J connectivity index is 1.82. The van der Waals surface area contributed by atoms with Crippen molar-refractivity contribution in [3.63, 3.8) is 0 Å². The molecule has 130 valence electrons. The van der Waals surface area contributed by atoms with Gasteiger partial charge in [-0.1, -0.05) is 19.1 Å². The standard InChI is InChI=1S/C19H26N2O3/c1-3-10-24-18-7-5-4-6-17(18)19(23)21-12-15-8-9-16(21)13-20(11-15)14(2)22/h4-7,15-16H,3,8-13H2,1-2H3/t15-,16+/m1/s1. The molecule has 24 heavy (non-hydrogen) atoms. The lowest BCUT2D eigenvalue weighted by Gasteiger charge is -2.36. The Hall–Kier alpha value is -2.04. The fraction of sp³-hybridized carbons (Fsp3) is 0.579. The first-order valence-corrected chi connectivity index (χ1v) is 8.88. The van der Waals surface area contributed by atoms with Crippen molar-refractivity contribution in [2.75, 3.05) is 26.2 Å². The molecule has 2 atom stereocenters. The van der Waals surface area contributed by atoms with Crippen LogP contribution in [-0.4, -0.2) is 53.9 Å². The summed E-state index contributed by atoms with van der Waals surface area (Å²) in [7, 11) is 0. The first-order valence-electron chi connectivity index (χ1n) is 8.88. The number of fused-ring (bicyclic) bond motifs is 4. The Morgan fingerprint density at radius 2 is 1.96 bits per heavy atom. The largest absolute Gasteiger partial charge is 0.493 e. The third kappa shape index (κ3) is 3.40. The second kappa shape index (κ2) is 7.24. The zero-order chi connectivity index (χ0) is 17.1. The smallest absolute Gasteiger partial charge is 0.257 e. The van der Waals surface area contributed by atoms with E-state index < -0.39 is 0 Å². The molecule has 0 radical (unpaired) electrons. The number of amides is 2. The maximum atomic E-state index is 13.1. The van der Waals surface area contributed by atoms with Gasteiger partial charge in [-0.15, -0.1) is 0 Å². The van der Waals surface area contributed by atoms with Crippen LogP contribution in [0.5, 0.6) is 5.75 Å². The molecule has 3 aliphatic heterocycles. The first-order chi connectivity index (χ1) is 11.6. The molecule has 5 nitrogen and oxygen atoms in total. The topological polar surface area (TPSA) is 49.9 Å². The maximum absolute atomic E-state index is 13.1. The molecule has 0 unspecified atom stereocenters. The van der Waals surface area contributed by atoms with Crippen LogP contribution in [-0.2, 0) is 4.79 Å². The summed E-state index contributed by atoms with van der Waals surface area (Å²) in [5.74, 6) is 1.17. The van der Waals surface area contributed by atoms with Gasteiger partial charge in [0, 0.05) is 32.6 Å². The molecule has 3 saturated heterocycles. The molecule has 3 fully saturated rings. The first kappa shape index (κ1) is 16.8. The van der Waals surface area contributed by atoms with Crippen LogP contribution in [0, 0.1) is 5.92 Å². The average Bonchev–Trinajstić information content (AvgIpc) is 2.92. The number of ether oxygens (including phenoxy) is 1. The molecule has 5 heteroatoms. The third-order valence-corrected chi connectivity index (χ3v) is 5.00. The third-order valence-electron chi connectivity index (χ3n) is 5.00. The Bertz CT molecular complexity index is 616. The number of nitrogens with zero attached hydrogens (tertiary/aromatic N) is 2. The van der Waals surface area contributed by atoms with Crippen molar-refractivity contribution in [2.45, 2.75) is 39.2 Å². The number of hydrogen-bond acceptors (Lipinski definition) is 3. The highest BCUT2D eigenvalue weighted by atomic mass is 16.5. The second-order valence-corrected chi connectivity index (χ2v) is 6.82. The predicted octanol–water partition coefficient (Wildman–Crippen LogP) is 2.56. The van der Waals surface area contributed by atoms with Gasteiger partial charge in [-0.05, 0) is 37.3 Å². The number of piperidine rings is 1. The molecule has 0 spiro atoms.